The maximum Gasteiger partial charge on any atom is 0.330 e. The highest BCUT2D eigenvalue weighted by Gasteiger charge is 2.41. The van der Waals surface area contributed by atoms with Crippen LogP contribution in [0.15, 0.2) is 9.59 Å². The van der Waals surface area contributed by atoms with Gasteiger partial charge in [0.1, 0.15) is 11.5 Å². The molecule has 1 aliphatic heterocycles. The zero-order valence-corrected chi connectivity index (χ0v) is 12.2. The summed E-state index contributed by atoms with van der Waals surface area (Å²) in [5.41, 5.74) is 5.42. The van der Waals surface area contributed by atoms with Gasteiger partial charge in [-0.2, -0.15) is 0 Å². The Labute approximate surface area is 122 Å². The molecule has 7 nitrogen and oxygen atoms in total. The van der Waals surface area contributed by atoms with Gasteiger partial charge in [0.15, 0.2) is 0 Å². The Morgan fingerprint density at radius 3 is 2.81 bits per heavy atom. The van der Waals surface area contributed by atoms with Crippen molar-refractivity contribution in [2.45, 2.75) is 51.3 Å². The predicted octanol–water partition coefficient (Wildman–Crippen LogP) is 0.508. The van der Waals surface area contributed by atoms with Crippen molar-refractivity contribution in [1.29, 1.82) is 0 Å². The lowest BCUT2D eigenvalue weighted by Gasteiger charge is -2.21. The molecule has 7 heteroatoms. The summed E-state index contributed by atoms with van der Waals surface area (Å²) in [4.78, 5) is 26.2. The van der Waals surface area contributed by atoms with Crippen LogP contribution in [0.5, 0.6) is 0 Å². The number of anilines is 2. The summed E-state index contributed by atoms with van der Waals surface area (Å²) in [5, 5.41) is 3.22. The number of nitrogens with two attached hydrogens (primary N) is 1. The maximum absolute atomic E-state index is 12.0. The minimum Gasteiger partial charge on any atom is -0.383 e. The molecule has 2 atom stereocenters. The van der Waals surface area contributed by atoms with Crippen molar-refractivity contribution in [2.24, 2.45) is 5.92 Å². The molecule has 0 radical (unpaired) electrons. The van der Waals surface area contributed by atoms with Gasteiger partial charge in [-0.15, -0.1) is 0 Å². The normalized spacial score (nSPS) is 25.2. The minimum atomic E-state index is -0.452. The second-order valence-electron chi connectivity index (χ2n) is 5.88. The number of hydrogen-bond acceptors (Lipinski definition) is 5. The number of H-pyrrole nitrogens is 1. The van der Waals surface area contributed by atoms with E-state index in [-0.39, 0.29) is 18.0 Å². The fourth-order valence-electron chi connectivity index (χ4n) is 3.01. The van der Waals surface area contributed by atoms with Crippen molar-refractivity contribution in [1.82, 2.24) is 9.55 Å². The fourth-order valence-corrected chi connectivity index (χ4v) is 3.01. The number of rotatable bonds is 5. The molecule has 2 heterocycles. The van der Waals surface area contributed by atoms with Crippen LogP contribution in [0.1, 0.15) is 32.6 Å². The lowest BCUT2D eigenvalue weighted by molar-refractivity contribution is 0.0898. The lowest BCUT2D eigenvalue weighted by atomic mass is 10.1. The predicted molar refractivity (Wildman–Crippen MR) is 80.5 cm³/mol. The van der Waals surface area contributed by atoms with Crippen molar-refractivity contribution >= 4 is 11.5 Å². The van der Waals surface area contributed by atoms with Gasteiger partial charge in [0.05, 0.1) is 12.1 Å². The van der Waals surface area contributed by atoms with Crippen LogP contribution >= 0.6 is 0 Å². The topological polar surface area (TPSA) is 102 Å². The van der Waals surface area contributed by atoms with Crippen molar-refractivity contribution in [2.75, 3.05) is 17.7 Å². The first kappa shape index (κ1) is 14.2. The van der Waals surface area contributed by atoms with E-state index in [9.17, 15) is 9.59 Å². The Morgan fingerprint density at radius 2 is 2.14 bits per heavy atom. The zero-order chi connectivity index (χ0) is 15.0. The molecule has 1 aromatic rings. The van der Waals surface area contributed by atoms with Crippen molar-refractivity contribution < 1.29 is 4.74 Å². The number of aromatic nitrogens is 2. The summed E-state index contributed by atoms with van der Waals surface area (Å²) in [5.74, 6) is 0.805. The van der Waals surface area contributed by atoms with E-state index in [1.54, 1.807) is 0 Å². The van der Waals surface area contributed by atoms with Gasteiger partial charge in [0.25, 0.3) is 5.56 Å². The molecule has 1 aromatic heterocycles. The molecule has 0 bridgehead atoms. The second kappa shape index (κ2) is 5.55. The first-order valence-corrected chi connectivity index (χ1v) is 7.62. The summed E-state index contributed by atoms with van der Waals surface area (Å²) >= 11 is 0. The van der Waals surface area contributed by atoms with Crippen LogP contribution < -0.4 is 22.3 Å². The monoisotopic (exact) mass is 294 g/mol. The molecule has 3 rings (SSSR count). The number of nitrogens with one attached hydrogen (secondary N) is 2. The average Bonchev–Trinajstić information content (AvgIpc) is 3.19. The largest absolute Gasteiger partial charge is 0.383 e. The van der Waals surface area contributed by atoms with Gasteiger partial charge < -0.3 is 15.8 Å². The van der Waals surface area contributed by atoms with Crippen LogP contribution in [-0.2, 0) is 11.3 Å². The van der Waals surface area contributed by atoms with E-state index in [0.29, 0.717) is 24.8 Å². The van der Waals surface area contributed by atoms with Gasteiger partial charge in [-0.25, -0.2) is 4.79 Å². The van der Waals surface area contributed by atoms with E-state index in [1.165, 1.54) is 17.4 Å². The van der Waals surface area contributed by atoms with E-state index in [1.807, 2.05) is 6.92 Å². The summed E-state index contributed by atoms with van der Waals surface area (Å²) in [7, 11) is 0. The van der Waals surface area contributed by atoms with Gasteiger partial charge in [0, 0.05) is 13.2 Å². The number of aromatic amines is 1. The first-order valence-electron chi connectivity index (χ1n) is 7.62. The standard InChI is InChI=1S/C14H22N4O3/c1-2-6-18-12(15)10(13(19)17-14(18)20)16-9-5-7-21-11(9)8-3-4-8/h8-9,11,16H,2-7,15H2,1H3,(H,17,19,20). The molecule has 0 spiro atoms. The Kier molecular flexibility index (Phi) is 3.75. The van der Waals surface area contributed by atoms with Gasteiger partial charge in [0.2, 0.25) is 0 Å². The van der Waals surface area contributed by atoms with Crippen LogP contribution in [0.3, 0.4) is 0 Å². The molecular formula is C14H22N4O3. The molecular weight excluding hydrogens is 272 g/mol. The number of nitrogens with zero attached hydrogens (tertiary/aromatic N) is 1. The van der Waals surface area contributed by atoms with Crippen molar-refractivity contribution in [3.63, 3.8) is 0 Å². The average molecular weight is 294 g/mol. The SMILES string of the molecule is CCCn1c(N)c(NC2CCOC2C2CC2)c(=O)[nH]c1=O. The molecule has 0 aromatic carbocycles. The maximum atomic E-state index is 12.0. The van der Waals surface area contributed by atoms with Gasteiger partial charge >= 0.3 is 5.69 Å². The zero-order valence-electron chi connectivity index (χ0n) is 12.2. The Bertz CT molecular complexity index is 632. The molecule has 1 saturated carbocycles. The van der Waals surface area contributed by atoms with Crippen LogP contribution in [0.4, 0.5) is 11.5 Å². The van der Waals surface area contributed by atoms with Gasteiger partial charge in [-0.05, 0) is 31.6 Å². The fraction of sp³-hybridized carbons (Fsp3) is 0.714. The third-order valence-corrected chi connectivity index (χ3v) is 4.24. The lowest BCUT2D eigenvalue weighted by Crippen LogP contribution is -2.38. The highest BCUT2D eigenvalue weighted by Crippen LogP contribution is 2.39. The summed E-state index contributed by atoms with van der Waals surface area (Å²) in [6.45, 7) is 3.15. The Hall–Kier alpha value is -1.76. The molecule has 1 saturated heterocycles. The number of ether oxygens (including phenoxy) is 1. The minimum absolute atomic E-state index is 0.0912. The smallest absolute Gasteiger partial charge is 0.330 e. The Balaban J connectivity index is 1.89. The first-order chi connectivity index (χ1) is 10.1. The van der Waals surface area contributed by atoms with Crippen LogP contribution in [0.25, 0.3) is 0 Å². The highest BCUT2D eigenvalue weighted by molar-refractivity contribution is 5.61. The molecule has 0 amide bonds. The van der Waals surface area contributed by atoms with Gasteiger partial charge in [-0.1, -0.05) is 6.92 Å². The summed E-state index contributed by atoms with van der Waals surface area (Å²) in [6.07, 6.45) is 4.14. The summed E-state index contributed by atoms with van der Waals surface area (Å²) < 4.78 is 7.17. The number of hydrogen-bond donors (Lipinski definition) is 3. The van der Waals surface area contributed by atoms with Crippen molar-refractivity contribution in [3.8, 4) is 0 Å². The molecule has 2 unspecified atom stereocenters. The van der Waals surface area contributed by atoms with E-state index in [4.69, 9.17) is 10.5 Å². The molecule has 116 valence electrons. The van der Waals surface area contributed by atoms with E-state index in [2.05, 4.69) is 10.3 Å². The highest BCUT2D eigenvalue weighted by atomic mass is 16.5. The van der Waals surface area contributed by atoms with E-state index >= 15 is 0 Å². The molecule has 2 fully saturated rings. The molecule has 21 heavy (non-hydrogen) atoms. The van der Waals surface area contributed by atoms with Crippen molar-refractivity contribution in [3.05, 3.63) is 20.8 Å². The third kappa shape index (κ3) is 2.70. The van der Waals surface area contributed by atoms with E-state index < -0.39 is 11.2 Å². The summed E-state index contributed by atoms with van der Waals surface area (Å²) in [6, 6.07) is 0.0912. The Morgan fingerprint density at radius 1 is 1.38 bits per heavy atom. The third-order valence-electron chi connectivity index (χ3n) is 4.24. The van der Waals surface area contributed by atoms with E-state index in [0.717, 1.165) is 12.8 Å². The molecule has 4 N–H and O–H groups in total. The van der Waals surface area contributed by atoms with Crippen LogP contribution in [-0.4, -0.2) is 28.3 Å². The second-order valence-corrected chi connectivity index (χ2v) is 5.88. The van der Waals surface area contributed by atoms with Crippen LogP contribution in [0, 0.1) is 5.92 Å². The van der Waals surface area contributed by atoms with Crippen LogP contribution in [0.2, 0.25) is 0 Å². The quantitative estimate of drug-likeness (QED) is 0.734. The molecule has 1 aliphatic carbocycles. The molecule has 2 aliphatic rings. The van der Waals surface area contributed by atoms with Gasteiger partial charge in [-0.3, -0.25) is 14.3 Å². The number of nitrogen functional groups attached to an aromatic ring is 1.